The van der Waals surface area contributed by atoms with Gasteiger partial charge in [0.2, 0.25) is 0 Å². The first-order chi connectivity index (χ1) is 11.5. The van der Waals surface area contributed by atoms with Gasteiger partial charge < -0.3 is 9.72 Å². The summed E-state index contributed by atoms with van der Waals surface area (Å²) in [6.07, 6.45) is 4.21. The summed E-state index contributed by atoms with van der Waals surface area (Å²) in [5, 5.41) is 13.1. The second-order valence-corrected chi connectivity index (χ2v) is 5.13. The van der Waals surface area contributed by atoms with Gasteiger partial charge in [-0.05, 0) is 18.2 Å². The average Bonchev–Trinajstić information content (AvgIpc) is 2.97. The van der Waals surface area contributed by atoms with E-state index in [-0.39, 0.29) is 12.1 Å². The second kappa shape index (κ2) is 6.45. The number of fused-ring (bicyclic) bond motifs is 1. The summed E-state index contributed by atoms with van der Waals surface area (Å²) in [5.41, 5.74) is 0.982. The lowest BCUT2D eigenvalue weighted by molar-refractivity contribution is -0.385. The number of halogens is 1. The maximum Gasteiger partial charge on any atom is 0.272 e. The smallest absolute Gasteiger partial charge is 0.272 e. The fourth-order valence-corrected chi connectivity index (χ4v) is 2.31. The number of nitrogens with zero attached hydrogens (tertiary/aromatic N) is 3. The van der Waals surface area contributed by atoms with Gasteiger partial charge in [-0.25, -0.2) is 9.37 Å². The number of hydrogen-bond donors (Lipinski definition) is 1. The standard InChI is InChI=1S/C16H13FN4O3/c17-14-9-12(21(23)24)4-5-13(14)16(22)18-7-6-11-10-20-8-2-1-3-15(20)19-11/h1-5,8-10H,6-7H2,(H,18,22). The molecule has 0 aliphatic heterocycles. The summed E-state index contributed by atoms with van der Waals surface area (Å²) in [7, 11) is 0. The van der Waals surface area contributed by atoms with E-state index in [9.17, 15) is 19.3 Å². The molecule has 0 aliphatic rings. The van der Waals surface area contributed by atoms with Crippen molar-refractivity contribution in [2.24, 2.45) is 0 Å². The van der Waals surface area contributed by atoms with Crippen LogP contribution in [-0.2, 0) is 6.42 Å². The summed E-state index contributed by atoms with van der Waals surface area (Å²) < 4.78 is 15.6. The molecule has 0 bridgehead atoms. The van der Waals surface area contributed by atoms with Gasteiger partial charge in [0.15, 0.2) is 0 Å². The van der Waals surface area contributed by atoms with Gasteiger partial charge in [-0.15, -0.1) is 0 Å². The van der Waals surface area contributed by atoms with Crippen molar-refractivity contribution in [3.8, 4) is 0 Å². The van der Waals surface area contributed by atoms with E-state index in [4.69, 9.17) is 0 Å². The number of amides is 1. The zero-order valence-electron chi connectivity index (χ0n) is 12.5. The first kappa shape index (κ1) is 15.6. The molecule has 0 saturated heterocycles. The number of benzene rings is 1. The van der Waals surface area contributed by atoms with Gasteiger partial charge in [0, 0.05) is 31.4 Å². The van der Waals surface area contributed by atoms with Gasteiger partial charge in [-0.3, -0.25) is 14.9 Å². The Hall–Kier alpha value is -3.29. The van der Waals surface area contributed by atoms with E-state index in [1.54, 1.807) is 0 Å². The third-order valence-corrected chi connectivity index (χ3v) is 3.49. The number of carbonyl (C=O) groups is 1. The van der Waals surface area contributed by atoms with E-state index in [1.165, 1.54) is 0 Å². The molecule has 0 saturated carbocycles. The molecule has 2 aromatic heterocycles. The first-order valence-corrected chi connectivity index (χ1v) is 7.19. The maximum absolute atomic E-state index is 13.8. The molecule has 3 aromatic rings. The van der Waals surface area contributed by atoms with Crippen LogP contribution in [0.25, 0.3) is 5.65 Å². The second-order valence-electron chi connectivity index (χ2n) is 5.13. The molecule has 8 heteroatoms. The third-order valence-electron chi connectivity index (χ3n) is 3.49. The van der Waals surface area contributed by atoms with Crippen molar-refractivity contribution >= 4 is 17.2 Å². The Bertz CT molecular complexity index is 890. The van der Waals surface area contributed by atoms with Gasteiger partial charge in [-0.1, -0.05) is 6.07 Å². The Labute approximate surface area is 135 Å². The van der Waals surface area contributed by atoms with Crippen molar-refractivity contribution in [1.29, 1.82) is 0 Å². The number of hydrogen-bond acceptors (Lipinski definition) is 4. The molecular weight excluding hydrogens is 315 g/mol. The topological polar surface area (TPSA) is 89.5 Å². The Balaban J connectivity index is 1.62. The molecule has 3 rings (SSSR count). The normalized spacial score (nSPS) is 10.7. The summed E-state index contributed by atoms with van der Waals surface area (Å²) >= 11 is 0. The van der Waals surface area contributed by atoms with E-state index in [0.717, 1.165) is 29.5 Å². The number of aromatic nitrogens is 2. The van der Waals surface area contributed by atoms with Crippen LogP contribution >= 0.6 is 0 Å². The number of carbonyl (C=O) groups excluding carboxylic acids is 1. The minimum Gasteiger partial charge on any atom is -0.352 e. The van der Waals surface area contributed by atoms with Crippen LogP contribution in [0.5, 0.6) is 0 Å². The molecule has 0 fully saturated rings. The fraction of sp³-hybridized carbons (Fsp3) is 0.125. The van der Waals surface area contributed by atoms with Crippen LogP contribution in [-0.4, -0.2) is 26.8 Å². The minimum atomic E-state index is -0.922. The third kappa shape index (κ3) is 3.22. The number of nitrogens with one attached hydrogen (secondary N) is 1. The van der Waals surface area contributed by atoms with Crippen molar-refractivity contribution in [1.82, 2.24) is 14.7 Å². The molecular formula is C16H13FN4O3. The van der Waals surface area contributed by atoms with E-state index >= 15 is 0 Å². The van der Waals surface area contributed by atoms with Crippen LogP contribution in [0.1, 0.15) is 16.1 Å². The molecule has 0 aliphatic carbocycles. The molecule has 0 spiro atoms. The average molecular weight is 328 g/mol. The SMILES string of the molecule is O=C(NCCc1cn2ccccc2n1)c1ccc([N+](=O)[O-])cc1F. The predicted molar refractivity (Wildman–Crippen MR) is 84.3 cm³/mol. The maximum atomic E-state index is 13.8. The summed E-state index contributed by atoms with van der Waals surface area (Å²) in [6, 6.07) is 8.57. The number of rotatable bonds is 5. The quantitative estimate of drug-likeness (QED) is 0.575. The van der Waals surface area contributed by atoms with Crippen molar-refractivity contribution in [3.63, 3.8) is 0 Å². The molecule has 0 radical (unpaired) electrons. The molecule has 1 amide bonds. The highest BCUT2D eigenvalue weighted by molar-refractivity contribution is 5.94. The predicted octanol–water partition coefficient (Wildman–Crippen LogP) is 2.35. The van der Waals surface area contributed by atoms with Gasteiger partial charge in [-0.2, -0.15) is 0 Å². The van der Waals surface area contributed by atoms with E-state index in [2.05, 4.69) is 10.3 Å². The van der Waals surface area contributed by atoms with Crippen LogP contribution in [0.2, 0.25) is 0 Å². The van der Waals surface area contributed by atoms with Crippen LogP contribution in [0, 0.1) is 15.9 Å². The minimum absolute atomic E-state index is 0.226. The molecule has 7 nitrogen and oxygen atoms in total. The van der Waals surface area contributed by atoms with Gasteiger partial charge >= 0.3 is 0 Å². The first-order valence-electron chi connectivity index (χ1n) is 7.19. The van der Waals surface area contributed by atoms with Crippen LogP contribution < -0.4 is 5.32 Å². The molecule has 1 aromatic carbocycles. The molecule has 1 N–H and O–H groups in total. The lowest BCUT2D eigenvalue weighted by Gasteiger charge is -2.05. The molecule has 0 unspecified atom stereocenters. The summed E-state index contributed by atoms with van der Waals surface area (Å²) in [6.45, 7) is 0.277. The zero-order valence-corrected chi connectivity index (χ0v) is 12.5. The van der Waals surface area contributed by atoms with Crippen LogP contribution in [0.4, 0.5) is 10.1 Å². The Kier molecular flexibility index (Phi) is 4.19. The lowest BCUT2D eigenvalue weighted by Crippen LogP contribution is -2.26. The summed E-state index contributed by atoms with van der Waals surface area (Å²) in [4.78, 5) is 26.2. The number of imidazole rings is 1. The fourth-order valence-electron chi connectivity index (χ4n) is 2.31. The highest BCUT2D eigenvalue weighted by Gasteiger charge is 2.15. The van der Waals surface area contributed by atoms with Crippen molar-refractivity contribution in [2.45, 2.75) is 6.42 Å². The number of nitro benzene ring substituents is 1. The van der Waals surface area contributed by atoms with Crippen LogP contribution in [0.15, 0.2) is 48.8 Å². The highest BCUT2D eigenvalue weighted by Crippen LogP contribution is 2.16. The van der Waals surface area contributed by atoms with Gasteiger partial charge in [0.1, 0.15) is 11.5 Å². The zero-order chi connectivity index (χ0) is 17.1. The Morgan fingerprint density at radius 2 is 2.17 bits per heavy atom. The van der Waals surface area contributed by atoms with Crippen LogP contribution in [0.3, 0.4) is 0 Å². The van der Waals surface area contributed by atoms with Crippen molar-refractivity contribution < 1.29 is 14.1 Å². The molecule has 0 atom stereocenters. The Morgan fingerprint density at radius 3 is 2.88 bits per heavy atom. The van der Waals surface area contributed by atoms with E-state index < -0.39 is 22.3 Å². The van der Waals surface area contributed by atoms with E-state index in [0.29, 0.717) is 6.42 Å². The van der Waals surface area contributed by atoms with E-state index in [1.807, 2.05) is 35.0 Å². The largest absolute Gasteiger partial charge is 0.352 e. The molecule has 2 heterocycles. The van der Waals surface area contributed by atoms with Gasteiger partial charge in [0.05, 0.1) is 22.2 Å². The van der Waals surface area contributed by atoms with Gasteiger partial charge in [0.25, 0.3) is 11.6 Å². The van der Waals surface area contributed by atoms with Crippen molar-refractivity contribution in [2.75, 3.05) is 6.54 Å². The summed E-state index contributed by atoms with van der Waals surface area (Å²) in [5.74, 6) is -1.54. The highest BCUT2D eigenvalue weighted by atomic mass is 19.1. The number of pyridine rings is 1. The lowest BCUT2D eigenvalue weighted by atomic mass is 10.1. The molecule has 122 valence electrons. The monoisotopic (exact) mass is 328 g/mol. The molecule has 24 heavy (non-hydrogen) atoms. The number of non-ortho nitro benzene ring substituents is 1. The number of nitro groups is 1. The Morgan fingerprint density at radius 1 is 1.33 bits per heavy atom. The van der Waals surface area contributed by atoms with Crippen molar-refractivity contribution in [3.05, 3.63) is 76.0 Å².